The predicted octanol–water partition coefficient (Wildman–Crippen LogP) is 6.63. The maximum atomic E-state index is 13.8. The van der Waals surface area contributed by atoms with E-state index in [2.05, 4.69) is 5.32 Å². The molecule has 8 heteroatoms. The molecule has 1 atom stereocenters. The van der Waals surface area contributed by atoms with Crippen LogP contribution >= 0.6 is 0 Å². The van der Waals surface area contributed by atoms with E-state index in [1.54, 1.807) is 61.5 Å². The van der Waals surface area contributed by atoms with Gasteiger partial charge in [0, 0.05) is 35.5 Å². The first-order valence-electron chi connectivity index (χ1n) is 14.3. The number of anilines is 2. The lowest BCUT2D eigenvalue weighted by Gasteiger charge is -2.21. The summed E-state index contributed by atoms with van der Waals surface area (Å²) in [6.45, 7) is 2.45. The molecule has 0 aliphatic carbocycles. The monoisotopic (exact) mass is 594 g/mol. The fourth-order valence-corrected chi connectivity index (χ4v) is 4.69. The molecule has 0 saturated carbocycles. The van der Waals surface area contributed by atoms with E-state index in [9.17, 15) is 18.8 Å². The molecule has 0 bridgehead atoms. The zero-order chi connectivity index (χ0) is 31.3. The van der Waals surface area contributed by atoms with Crippen LogP contribution < -0.4 is 15.0 Å². The Kier molecular flexibility index (Phi) is 11.4. The van der Waals surface area contributed by atoms with E-state index < -0.39 is 17.8 Å². The van der Waals surface area contributed by atoms with Gasteiger partial charge in [0.05, 0.1) is 13.7 Å². The number of esters is 1. The van der Waals surface area contributed by atoms with Gasteiger partial charge in [0.15, 0.2) is 5.78 Å². The molecule has 7 nitrogen and oxygen atoms in total. The van der Waals surface area contributed by atoms with Crippen molar-refractivity contribution in [2.24, 2.45) is 0 Å². The number of allylic oxidation sites excluding steroid dienone is 1. The molecule has 0 fully saturated rings. The zero-order valence-electron chi connectivity index (χ0n) is 24.7. The molecule has 4 aromatic rings. The number of amides is 1. The third-order valence-corrected chi connectivity index (χ3v) is 6.88. The summed E-state index contributed by atoms with van der Waals surface area (Å²) in [7, 11) is 1.33. The fraction of sp³-hybridized carbons (Fsp3) is 0.194. The van der Waals surface area contributed by atoms with Crippen LogP contribution in [-0.2, 0) is 20.7 Å². The molecule has 0 aromatic heterocycles. The topological polar surface area (TPSA) is 84.9 Å². The minimum atomic E-state index is -0.736. The van der Waals surface area contributed by atoms with Crippen molar-refractivity contribution in [1.29, 1.82) is 0 Å². The van der Waals surface area contributed by atoms with Gasteiger partial charge in [-0.1, -0.05) is 66.7 Å². The summed E-state index contributed by atoms with van der Waals surface area (Å²) in [6.07, 6.45) is 3.93. The van der Waals surface area contributed by atoms with Crippen molar-refractivity contribution >= 4 is 29.0 Å². The van der Waals surface area contributed by atoms with Gasteiger partial charge in [-0.3, -0.25) is 9.59 Å². The highest BCUT2D eigenvalue weighted by atomic mass is 19.1. The number of nitrogens with one attached hydrogen (secondary N) is 1. The number of carbonyl (C=O) groups is 3. The smallest absolute Gasteiger partial charge is 0.328 e. The van der Waals surface area contributed by atoms with E-state index in [4.69, 9.17) is 9.47 Å². The lowest BCUT2D eigenvalue weighted by molar-refractivity contribution is -0.141. The van der Waals surface area contributed by atoms with Crippen molar-refractivity contribution in [3.05, 3.63) is 138 Å². The van der Waals surface area contributed by atoms with Crippen molar-refractivity contribution in [2.45, 2.75) is 25.8 Å². The van der Waals surface area contributed by atoms with E-state index in [0.717, 1.165) is 5.56 Å². The SMILES string of the molecule is C/C=C/C(=O)N(CCCOc1ccc(C[C@H](Nc2ccccc2C(=O)c2ccccc2)C(=O)OC)cc1)c1cccc(F)c1. The number of rotatable bonds is 14. The molecule has 44 heavy (non-hydrogen) atoms. The molecule has 0 unspecified atom stereocenters. The van der Waals surface area contributed by atoms with Gasteiger partial charge in [-0.2, -0.15) is 0 Å². The quantitative estimate of drug-likeness (QED) is 0.0764. The number of para-hydroxylation sites is 1. The highest BCUT2D eigenvalue weighted by Gasteiger charge is 2.23. The first-order chi connectivity index (χ1) is 21.4. The molecule has 0 heterocycles. The lowest BCUT2D eigenvalue weighted by atomic mass is 10.00. The third kappa shape index (κ3) is 8.64. The second kappa shape index (κ2) is 15.8. The van der Waals surface area contributed by atoms with Crippen LogP contribution in [0.15, 0.2) is 115 Å². The Morgan fingerprint density at radius 3 is 2.34 bits per heavy atom. The molecule has 1 amide bonds. The highest BCUT2D eigenvalue weighted by molar-refractivity contribution is 6.12. The highest BCUT2D eigenvalue weighted by Crippen LogP contribution is 2.23. The Balaban J connectivity index is 1.37. The normalized spacial score (nSPS) is 11.5. The van der Waals surface area contributed by atoms with E-state index in [0.29, 0.717) is 54.2 Å². The molecule has 0 aliphatic heterocycles. The van der Waals surface area contributed by atoms with Gasteiger partial charge in [0.25, 0.3) is 5.91 Å². The van der Waals surface area contributed by atoms with E-state index >= 15 is 0 Å². The van der Waals surface area contributed by atoms with E-state index in [1.165, 1.54) is 30.2 Å². The van der Waals surface area contributed by atoms with Crippen LogP contribution in [-0.4, -0.2) is 44.0 Å². The van der Waals surface area contributed by atoms with Gasteiger partial charge >= 0.3 is 5.97 Å². The maximum Gasteiger partial charge on any atom is 0.328 e. The second-order valence-electron chi connectivity index (χ2n) is 9.98. The van der Waals surface area contributed by atoms with Crippen LogP contribution in [0.3, 0.4) is 0 Å². The molecule has 0 spiro atoms. The van der Waals surface area contributed by atoms with Gasteiger partial charge in [-0.15, -0.1) is 0 Å². The van der Waals surface area contributed by atoms with Gasteiger partial charge in [-0.05, 0) is 67.4 Å². The lowest BCUT2D eigenvalue weighted by Crippen LogP contribution is -2.33. The number of hydrogen-bond acceptors (Lipinski definition) is 6. The third-order valence-electron chi connectivity index (χ3n) is 6.88. The van der Waals surface area contributed by atoms with Gasteiger partial charge in [0.2, 0.25) is 0 Å². The minimum Gasteiger partial charge on any atom is -0.494 e. The Hall–Kier alpha value is -5.24. The van der Waals surface area contributed by atoms with Gasteiger partial charge in [0.1, 0.15) is 17.6 Å². The summed E-state index contributed by atoms with van der Waals surface area (Å²) >= 11 is 0. The first kappa shape index (κ1) is 31.7. The standard InChI is InChI=1S/C36H35FN2O5/c1-3-11-34(40)39(29-15-9-14-28(37)25-29)22-10-23-44-30-20-18-26(19-21-30)24-33(36(42)43-2)38-32-17-8-7-16-31(32)35(41)27-12-5-4-6-13-27/h3-9,11-21,25,33,38H,10,22-24H2,1-2H3/b11-3+/t33-/m0/s1. The van der Waals surface area contributed by atoms with Crippen molar-refractivity contribution < 1.29 is 28.2 Å². The number of halogens is 1. The summed E-state index contributed by atoms with van der Waals surface area (Å²) in [5.74, 6) is -0.617. The Bertz CT molecular complexity index is 1590. The fourth-order valence-electron chi connectivity index (χ4n) is 4.69. The molecule has 4 aromatic carbocycles. The van der Waals surface area contributed by atoms with Crippen LogP contribution in [0, 0.1) is 5.82 Å². The van der Waals surface area contributed by atoms with Crippen molar-refractivity contribution in [1.82, 2.24) is 0 Å². The predicted molar refractivity (Wildman–Crippen MR) is 170 cm³/mol. The van der Waals surface area contributed by atoms with Crippen molar-refractivity contribution in [3.63, 3.8) is 0 Å². The second-order valence-corrected chi connectivity index (χ2v) is 9.98. The molecular weight excluding hydrogens is 559 g/mol. The van der Waals surface area contributed by atoms with Crippen LogP contribution in [0.5, 0.6) is 5.75 Å². The summed E-state index contributed by atoms with van der Waals surface area (Å²) in [5, 5.41) is 3.21. The molecule has 1 N–H and O–H groups in total. The Morgan fingerprint density at radius 1 is 0.909 bits per heavy atom. The number of carbonyl (C=O) groups excluding carboxylic acids is 3. The number of benzene rings is 4. The summed E-state index contributed by atoms with van der Waals surface area (Å²) in [6, 6.07) is 28.6. The molecular formula is C36H35FN2O5. The average Bonchev–Trinajstić information content (AvgIpc) is 3.05. The molecule has 0 aliphatic rings. The Labute approximate surface area is 256 Å². The largest absolute Gasteiger partial charge is 0.494 e. The van der Waals surface area contributed by atoms with Crippen LogP contribution in [0.25, 0.3) is 0 Å². The zero-order valence-corrected chi connectivity index (χ0v) is 24.7. The number of ketones is 1. The number of ether oxygens (including phenoxy) is 2. The molecule has 0 saturated heterocycles. The maximum absolute atomic E-state index is 13.8. The molecule has 4 rings (SSSR count). The Morgan fingerprint density at radius 2 is 1.64 bits per heavy atom. The van der Waals surface area contributed by atoms with Crippen LogP contribution in [0.2, 0.25) is 0 Å². The number of hydrogen-bond donors (Lipinski definition) is 1. The van der Waals surface area contributed by atoms with E-state index in [1.807, 2.05) is 42.5 Å². The van der Waals surface area contributed by atoms with E-state index in [-0.39, 0.29) is 11.7 Å². The van der Waals surface area contributed by atoms with Crippen molar-refractivity contribution in [3.8, 4) is 5.75 Å². The van der Waals surface area contributed by atoms with Gasteiger partial charge < -0.3 is 19.7 Å². The van der Waals surface area contributed by atoms with Gasteiger partial charge in [-0.25, -0.2) is 9.18 Å². The van der Waals surface area contributed by atoms with Crippen LogP contribution in [0.4, 0.5) is 15.8 Å². The summed E-state index contributed by atoms with van der Waals surface area (Å²) < 4.78 is 24.7. The first-order valence-corrected chi connectivity index (χ1v) is 14.3. The average molecular weight is 595 g/mol. The number of nitrogens with zero attached hydrogens (tertiary/aromatic N) is 1. The summed E-state index contributed by atoms with van der Waals surface area (Å²) in [5.41, 5.74) is 2.90. The van der Waals surface area contributed by atoms with Crippen LogP contribution in [0.1, 0.15) is 34.8 Å². The minimum absolute atomic E-state index is 0.149. The van der Waals surface area contributed by atoms with Crippen molar-refractivity contribution in [2.75, 3.05) is 30.5 Å². The number of methoxy groups -OCH3 is 1. The molecule has 226 valence electrons. The molecule has 0 radical (unpaired) electrons. The summed E-state index contributed by atoms with van der Waals surface area (Å²) in [4.78, 5) is 40.0.